The van der Waals surface area contributed by atoms with Crippen LogP contribution >= 0.6 is 0 Å². The van der Waals surface area contributed by atoms with E-state index in [0.29, 0.717) is 0 Å². The Kier molecular flexibility index (Phi) is 3.79. The van der Waals surface area contributed by atoms with Crippen molar-refractivity contribution in [3.05, 3.63) is 58.8 Å². The maximum absolute atomic E-state index is 4.67. The van der Waals surface area contributed by atoms with Crippen molar-refractivity contribution in [3.8, 4) is 11.8 Å². The van der Waals surface area contributed by atoms with E-state index >= 15 is 0 Å². The van der Waals surface area contributed by atoms with Crippen LogP contribution in [0.15, 0.2) is 30.6 Å². The number of nitrogens with zero attached hydrogens (tertiary/aromatic N) is 3. The molecule has 0 saturated heterocycles. The van der Waals surface area contributed by atoms with Crippen LogP contribution in [-0.2, 0) is 13.0 Å². The third kappa shape index (κ3) is 2.79. The number of aromatic nitrogens is 3. The SMILES string of the molecule is Cc1cc2c3c([nH]c2c(C#Cc2ccncc2)n1)CCCN(C)C3. The maximum Gasteiger partial charge on any atom is 0.137 e. The lowest BCUT2D eigenvalue weighted by Crippen LogP contribution is -2.17. The molecule has 0 radical (unpaired) electrons. The van der Waals surface area contributed by atoms with Gasteiger partial charge < -0.3 is 9.88 Å². The van der Waals surface area contributed by atoms with Crippen molar-refractivity contribution in [1.29, 1.82) is 0 Å². The van der Waals surface area contributed by atoms with E-state index in [0.717, 1.165) is 42.0 Å². The van der Waals surface area contributed by atoms with Crippen molar-refractivity contribution >= 4 is 10.9 Å². The summed E-state index contributed by atoms with van der Waals surface area (Å²) in [6.07, 6.45) is 5.79. The van der Waals surface area contributed by atoms with Gasteiger partial charge in [-0.25, -0.2) is 4.98 Å². The number of hydrogen-bond donors (Lipinski definition) is 1. The average Bonchev–Trinajstić information content (AvgIpc) is 2.80. The second kappa shape index (κ2) is 6.10. The highest BCUT2D eigenvalue weighted by Crippen LogP contribution is 2.28. The first kappa shape index (κ1) is 14.9. The summed E-state index contributed by atoms with van der Waals surface area (Å²) in [5.74, 6) is 6.45. The summed E-state index contributed by atoms with van der Waals surface area (Å²) < 4.78 is 0. The molecule has 1 aliphatic heterocycles. The average molecular weight is 316 g/mol. The van der Waals surface area contributed by atoms with Gasteiger partial charge in [-0.05, 0) is 63.0 Å². The number of pyridine rings is 2. The molecule has 3 aromatic heterocycles. The fraction of sp³-hybridized carbons (Fsp3) is 0.300. The van der Waals surface area contributed by atoms with E-state index in [2.05, 4.69) is 44.8 Å². The molecule has 120 valence electrons. The van der Waals surface area contributed by atoms with Crippen LogP contribution in [0, 0.1) is 18.8 Å². The third-order valence-corrected chi connectivity index (χ3v) is 4.51. The number of fused-ring (bicyclic) bond motifs is 3. The van der Waals surface area contributed by atoms with Crippen LogP contribution in [0.2, 0.25) is 0 Å². The molecule has 0 bridgehead atoms. The first-order valence-corrected chi connectivity index (χ1v) is 8.32. The van der Waals surface area contributed by atoms with Crippen molar-refractivity contribution in [2.75, 3.05) is 13.6 Å². The summed E-state index contributed by atoms with van der Waals surface area (Å²) in [4.78, 5) is 14.7. The van der Waals surface area contributed by atoms with Crippen LogP contribution in [0.5, 0.6) is 0 Å². The molecule has 1 N–H and O–H groups in total. The van der Waals surface area contributed by atoms with Crippen molar-refractivity contribution in [3.63, 3.8) is 0 Å². The van der Waals surface area contributed by atoms with Crippen LogP contribution in [0.1, 0.15) is 34.6 Å². The maximum atomic E-state index is 4.67. The van der Waals surface area contributed by atoms with E-state index < -0.39 is 0 Å². The Morgan fingerprint density at radius 2 is 2.04 bits per heavy atom. The minimum absolute atomic E-state index is 0.831. The monoisotopic (exact) mass is 316 g/mol. The lowest BCUT2D eigenvalue weighted by atomic mass is 10.1. The smallest absolute Gasteiger partial charge is 0.137 e. The Morgan fingerprint density at radius 3 is 2.88 bits per heavy atom. The molecule has 1 aliphatic rings. The molecular weight excluding hydrogens is 296 g/mol. The summed E-state index contributed by atoms with van der Waals surface area (Å²) in [5, 5.41) is 1.27. The number of nitrogens with one attached hydrogen (secondary N) is 1. The Hall–Kier alpha value is -2.64. The molecule has 0 aliphatic carbocycles. The molecule has 3 aromatic rings. The summed E-state index contributed by atoms with van der Waals surface area (Å²) in [5.41, 5.74) is 6.61. The molecule has 4 heteroatoms. The van der Waals surface area contributed by atoms with Crippen molar-refractivity contribution in [2.45, 2.75) is 26.3 Å². The van der Waals surface area contributed by atoms with Gasteiger partial charge in [0, 0.05) is 41.3 Å². The zero-order chi connectivity index (χ0) is 16.5. The van der Waals surface area contributed by atoms with Crippen LogP contribution < -0.4 is 0 Å². The number of hydrogen-bond acceptors (Lipinski definition) is 3. The Labute approximate surface area is 141 Å². The van der Waals surface area contributed by atoms with Gasteiger partial charge in [-0.1, -0.05) is 5.92 Å². The summed E-state index contributed by atoms with van der Waals surface area (Å²) in [6.45, 7) is 4.16. The highest BCUT2D eigenvalue weighted by Gasteiger charge is 2.18. The van der Waals surface area contributed by atoms with Gasteiger partial charge in [-0.15, -0.1) is 0 Å². The van der Waals surface area contributed by atoms with Crippen LogP contribution in [0.4, 0.5) is 0 Å². The lowest BCUT2D eigenvalue weighted by molar-refractivity contribution is 0.333. The normalized spacial score (nSPS) is 14.8. The van der Waals surface area contributed by atoms with Crippen molar-refractivity contribution in [1.82, 2.24) is 19.9 Å². The van der Waals surface area contributed by atoms with Gasteiger partial charge in [0.15, 0.2) is 0 Å². The lowest BCUT2D eigenvalue weighted by Gasteiger charge is -2.12. The Morgan fingerprint density at radius 1 is 1.21 bits per heavy atom. The quantitative estimate of drug-likeness (QED) is 0.648. The molecule has 0 unspecified atom stereocenters. The zero-order valence-corrected chi connectivity index (χ0v) is 14.1. The summed E-state index contributed by atoms with van der Waals surface area (Å²) in [6, 6.07) is 6.01. The minimum Gasteiger partial charge on any atom is -0.356 e. The van der Waals surface area contributed by atoms with Crippen molar-refractivity contribution < 1.29 is 0 Å². The van der Waals surface area contributed by atoms with Gasteiger partial charge in [0.05, 0.1) is 5.52 Å². The van der Waals surface area contributed by atoms with E-state index in [1.165, 1.54) is 23.1 Å². The van der Waals surface area contributed by atoms with Crippen LogP contribution in [-0.4, -0.2) is 33.4 Å². The topological polar surface area (TPSA) is 44.8 Å². The standard InChI is InChI=1S/C20H20N4/c1-14-12-16-17-13-24(2)11-3-4-18(17)23-20(16)19(22-14)6-5-15-7-9-21-10-8-15/h7-10,12,23H,3-4,11,13H2,1-2H3. The fourth-order valence-corrected chi connectivity index (χ4v) is 3.35. The number of H-pyrrole nitrogens is 1. The molecule has 4 nitrogen and oxygen atoms in total. The van der Waals surface area contributed by atoms with Gasteiger partial charge in [0.25, 0.3) is 0 Å². The highest BCUT2D eigenvalue weighted by atomic mass is 15.1. The van der Waals surface area contributed by atoms with Crippen molar-refractivity contribution in [2.24, 2.45) is 0 Å². The predicted octanol–water partition coefficient (Wildman–Crippen LogP) is 3.04. The molecule has 4 heterocycles. The number of rotatable bonds is 0. The Balaban J connectivity index is 1.85. The Bertz CT molecular complexity index is 944. The van der Waals surface area contributed by atoms with Crippen LogP contribution in [0.25, 0.3) is 10.9 Å². The first-order valence-electron chi connectivity index (χ1n) is 8.32. The van der Waals surface area contributed by atoms with Crippen LogP contribution in [0.3, 0.4) is 0 Å². The minimum atomic E-state index is 0.831. The molecule has 24 heavy (non-hydrogen) atoms. The molecule has 0 saturated carbocycles. The van der Waals surface area contributed by atoms with E-state index in [1.807, 2.05) is 19.1 Å². The molecular formula is C20H20N4. The fourth-order valence-electron chi connectivity index (χ4n) is 3.35. The second-order valence-electron chi connectivity index (χ2n) is 6.44. The highest BCUT2D eigenvalue weighted by molar-refractivity contribution is 5.88. The second-order valence-corrected chi connectivity index (χ2v) is 6.44. The van der Waals surface area contributed by atoms with E-state index in [1.54, 1.807) is 12.4 Å². The van der Waals surface area contributed by atoms with E-state index in [9.17, 15) is 0 Å². The van der Waals surface area contributed by atoms with Gasteiger partial charge in [-0.3, -0.25) is 4.98 Å². The van der Waals surface area contributed by atoms with E-state index in [-0.39, 0.29) is 0 Å². The third-order valence-electron chi connectivity index (χ3n) is 4.51. The first-order chi connectivity index (χ1) is 11.7. The largest absolute Gasteiger partial charge is 0.356 e. The van der Waals surface area contributed by atoms with E-state index in [4.69, 9.17) is 0 Å². The van der Waals surface area contributed by atoms with Gasteiger partial charge >= 0.3 is 0 Å². The summed E-state index contributed by atoms with van der Waals surface area (Å²) >= 11 is 0. The van der Waals surface area contributed by atoms with Gasteiger partial charge in [0.1, 0.15) is 5.69 Å². The van der Waals surface area contributed by atoms with Gasteiger partial charge in [-0.2, -0.15) is 0 Å². The number of aromatic amines is 1. The zero-order valence-electron chi connectivity index (χ0n) is 14.1. The molecule has 4 rings (SSSR count). The summed E-state index contributed by atoms with van der Waals surface area (Å²) in [7, 11) is 2.19. The molecule has 0 fully saturated rings. The molecule has 0 amide bonds. The number of aryl methyl sites for hydroxylation is 2. The molecule has 0 aromatic carbocycles. The predicted molar refractivity (Wildman–Crippen MR) is 95.7 cm³/mol. The molecule has 0 spiro atoms. The molecule has 0 atom stereocenters. The van der Waals surface area contributed by atoms with Gasteiger partial charge in [0.2, 0.25) is 0 Å².